The van der Waals surface area contributed by atoms with E-state index in [0.29, 0.717) is 0 Å². The average molecular weight is 186 g/mol. The molecule has 0 saturated carbocycles. The third-order valence-corrected chi connectivity index (χ3v) is 3.17. The lowest BCUT2D eigenvalue weighted by atomic mass is 10.1. The number of aromatic nitrogens is 1. The van der Waals surface area contributed by atoms with Crippen LogP contribution in [0, 0.1) is 6.92 Å². The maximum Gasteiger partial charge on any atom is 0.0459 e. The number of fused-ring (bicyclic) bond motifs is 3. The molecule has 1 aliphatic rings. The molecule has 2 nitrogen and oxygen atoms in total. The number of hydrogen-bond donors (Lipinski definition) is 2. The molecule has 0 amide bonds. The van der Waals surface area contributed by atoms with E-state index in [9.17, 15) is 0 Å². The third-order valence-electron chi connectivity index (χ3n) is 3.17. The minimum absolute atomic E-state index is 0.220. The first kappa shape index (κ1) is 8.06. The van der Waals surface area contributed by atoms with Crippen LogP contribution in [0.25, 0.3) is 10.9 Å². The van der Waals surface area contributed by atoms with Crippen LogP contribution in [0.1, 0.15) is 29.3 Å². The Morgan fingerprint density at radius 2 is 2.29 bits per heavy atom. The van der Waals surface area contributed by atoms with Gasteiger partial charge in [0.25, 0.3) is 0 Å². The number of aromatic amines is 1. The number of nitrogens with one attached hydrogen (secondary N) is 1. The highest BCUT2D eigenvalue weighted by Crippen LogP contribution is 2.34. The highest BCUT2D eigenvalue weighted by molar-refractivity contribution is 5.86. The summed E-state index contributed by atoms with van der Waals surface area (Å²) in [6.45, 7) is 2.13. The summed E-state index contributed by atoms with van der Waals surface area (Å²) in [6.07, 6.45) is 2.21. The van der Waals surface area contributed by atoms with Crippen LogP contribution in [-0.4, -0.2) is 4.98 Å². The molecule has 1 aliphatic carbocycles. The molecule has 2 aromatic rings. The van der Waals surface area contributed by atoms with Crippen molar-refractivity contribution in [2.24, 2.45) is 5.73 Å². The van der Waals surface area contributed by atoms with Gasteiger partial charge in [-0.15, -0.1) is 0 Å². The topological polar surface area (TPSA) is 41.8 Å². The summed E-state index contributed by atoms with van der Waals surface area (Å²) in [6, 6.07) is 6.76. The van der Waals surface area contributed by atoms with Crippen LogP contribution in [-0.2, 0) is 6.42 Å². The highest BCUT2D eigenvalue weighted by Gasteiger charge is 2.23. The Labute approximate surface area is 83.1 Å². The van der Waals surface area contributed by atoms with E-state index in [2.05, 4.69) is 30.1 Å². The molecule has 14 heavy (non-hydrogen) atoms. The zero-order valence-electron chi connectivity index (χ0n) is 8.30. The number of benzene rings is 1. The molecule has 0 fully saturated rings. The van der Waals surface area contributed by atoms with Crippen LogP contribution in [0.5, 0.6) is 0 Å². The second kappa shape index (κ2) is 2.61. The maximum atomic E-state index is 6.02. The van der Waals surface area contributed by atoms with Gasteiger partial charge in [0.15, 0.2) is 0 Å². The lowest BCUT2D eigenvalue weighted by Gasteiger charge is -1.99. The van der Waals surface area contributed by atoms with Crippen molar-refractivity contribution < 1.29 is 0 Å². The predicted octanol–water partition coefficient (Wildman–Crippen LogP) is 2.42. The Kier molecular flexibility index (Phi) is 1.50. The molecule has 1 aromatic carbocycles. The lowest BCUT2D eigenvalue weighted by Crippen LogP contribution is -2.05. The number of rotatable bonds is 0. The first-order valence-electron chi connectivity index (χ1n) is 5.12. The number of H-pyrrole nitrogens is 1. The molecule has 0 radical (unpaired) electrons. The Balaban J connectivity index is 2.36. The van der Waals surface area contributed by atoms with Crippen LogP contribution in [0.3, 0.4) is 0 Å². The molecule has 0 spiro atoms. The summed E-state index contributed by atoms with van der Waals surface area (Å²) in [7, 11) is 0. The molecule has 2 heteroatoms. The van der Waals surface area contributed by atoms with E-state index in [1.165, 1.54) is 27.7 Å². The fraction of sp³-hybridized carbons (Fsp3) is 0.333. The molecule has 1 aromatic heterocycles. The van der Waals surface area contributed by atoms with Crippen molar-refractivity contribution in [3.63, 3.8) is 0 Å². The van der Waals surface area contributed by atoms with Crippen molar-refractivity contribution in [1.29, 1.82) is 0 Å². The molecular formula is C12H14N2. The standard InChI is InChI=1S/C12H14N2/c1-7-2-5-11-9(6-7)8-3-4-10(13)12(8)14-11/h2,5-6,10,14H,3-4,13H2,1H3. The summed E-state index contributed by atoms with van der Waals surface area (Å²) < 4.78 is 0. The summed E-state index contributed by atoms with van der Waals surface area (Å²) in [5, 5.41) is 1.37. The van der Waals surface area contributed by atoms with E-state index in [1.54, 1.807) is 0 Å². The van der Waals surface area contributed by atoms with Crippen LogP contribution >= 0.6 is 0 Å². The van der Waals surface area contributed by atoms with Crippen molar-refractivity contribution >= 4 is 10.9 Å². The zero-order valence-corrected chi connectivity index (χ0v) is 8.30. The first-order valence-corrected chi connectivity index (χ1v) is 5.12. The number of aryl methyl sites for hydroxylation is 2. The summed E-state index contributed by atoms with van der Waals surface area (Å²) in [5.41, 5.74) is 11.3. The van der Waals surface area contributed by atoms with Gasteiger partial charge in [-0.3, -0.25) is 0 Å². The van der Waals surface area contributed by atoms with Crippen LogP contribution in [0.2, 0.25) is 0 Å². The predicted molar refractivity (Wildman–Crippen MR) is 58.3 cm³/mol. The fourth-order valence-electron chi connectivity index (χ4n) is 2.41. The van der Waals surface area contributed by atoms with Gasteiger partial charge in [-0.2, -0.15) is 0 Å². The van der Waals surface area contributed by atoms with Gasteiger partial charge in [-0.25, -0.2) is 0 Å². The lowest BCUT2D eigenvalue weighted by molar-refractivity contribution is 0.699. The molecule has 72 valence electrons. The SMILES string of the molecule is Cc1ccc2[nH]c3c(c2c1)CCC3N. The second-order valence-corrected chi connectivity index (χ2v) is 4.21. The molecule has 3 N–H and O–H groups in total. The van der Waals surface area contributed by atoms with Gasteiger partial charge in [0.1, 0.15) is 0 Å². The van der Waals surface area contributed by atoms with Crippen molar-refractivity contribution in [1.82, 2.24) is 4.98 Å². The Hall–Kier alpha value is -1.28. The van der Waals surface area contributed by atoms with E-state index in [0.717, 1.165) is 12.8 Å². The van der Waals surface area contributed by atoms with Crippen LogP contribution in [0.15, 0.2) is 18.2 Å². The third kappa shape index (κ3) is 0.946. The molecule has 0 saturated heterocycles. The molecule has 0 bridgehead atoms. The molecule has 1 atom stereocenters. The number of nitrogens with two attached hydrogens (primary N) is 1. The molecule has 0 aliphatic heterocycles. The fourth-order valence-corrected chi connectivity index (χ4v) is 2.41. The van der Waals surface area contributed by atoms with Crippen molar-refractivity contribution in [2.45, 2.75) is 25.8 Å². The number of hydrogen-bond acceptors (Lipinski definition) is 1. The van der Waals surface area contributed by atoms with Gasteiger partial charge in [-0.1, -0.05) is 11.6 Å². The second-order valence-electron chi connectivity index (χ2n) is 4.21. The zero-order chi connectivity index (χ0) is 9.71. The summed E-state index contributed by atoms with van der Waals surface area (Å²) in [5.74, 6) is 0. The van der Waals surface area contributed by atoms with E-state index in [4.69, 9.17) is 5.73 Å². The van der Waals surface area contributed by atoms with Gasteiger partial charge < -0.3 is 10.7 Å². The van der Waals surface area contributed by atoms with Crippen LogP contribution in [0.4, 0.5) is 0 Å². The first-order chi connectivity index (χ1) is 6.75. The Bertz CT molecular complexity index is 496. The van der Waals surface area contributed by atoms with Crippen molar-refractivity contribution in [3.8, 4) is 0 Å². The van der Waals surface area contributed by atoms with Gasteiger partial charge in [-0.05, 0) is 37.5 Å². The molecule has 1 heterocycles. The smallest absolute Gasteiger partial charge is 0.0459 e. The maximum absolute atomic E-state index is 6.02. The highest BCUT2D eigenvalue weighted by atomic mass is 14.8. The van der Waals surface area contributed by atoms with Gasteiger partial charge >= 0.3 is 0 Å². The largest absolute Gasteiger partial charge is 0.357 e. The Morgan fingerprint density at radius 3 is 3.14 bits per heavy atom. The monoisotopic (exact) mass is 186 g/mol. The van der Waals surface area contributed by atoms with Gasteiger partial charge in [0, 0.05) is 22.6 Å². The minimum Gasteiger partial charge on any atom is -0.357 e. The normalized spacial score (nSPS) is 20.3. The van der Waals surface area contributed by atoms with E-state index < -0.39 is 0 Å². The van der Waals surface area contributed by atoms with E-state index in [-0.39, 0.29) is 6.04 Å². The van der Waals surface area contributed by atoms with Gasteiger partial charge in [0.2, 0.25) is 0 Å². The summed E-state index contributed by atoms with van der Waals surface area (Å²) >= 11 is 0. The molecule has 1 unspecified atom stereocenters. The van der Waals surface area contributed by atoms with E-state index >= 15 is 0 Å². The van der Waals surface area contributed by atoms with E-state index in [1.807, 2.05) is 0 Å². The quantitative estimate of drug-likeness (QED) is 0.652. The van der Waals surface area contributed by atoms with Crippen molar-refractivity contribution in [3.05, 3.63) is 35.0 Å². The minimum atomic E-state index is 0.220. The summed E-state index contributed by atoms with van der Waals surface area (Å²) in [4.78, 5) is 3.43. The van der Waals surface area contributed by atoms with Crippen LogP contribution < -0.4 is 5.73 Å². The van der Waals surface area contributed by atoms with Gasteiger partial charge in [0.05, 0.1) is 0 Å². The average Bonchev–Trinajstić information content (AvgIpc) is 2.67. The molecular weight excluding hydrogens is 172 g/mol. The molecule has 3 rings (SSSR count). The Morgan fingerprint density at radius 1 is 1.43 bits per heavy atom. The van der Waals surface area contributed by atoms with Crippen molar-refractivity contribution in [2.75, 3.05) is 0 Å².